The number of carbonyl (C=O) groups excluding carboxylic acids is 1. The van der Waals surface area contributed by atoms with Crippen LogP contribution in [0.1, 0.15) is 44.6 Å². The molecule has 3 aliphatic rings. The van der Waals surface area contributed by atoms with Crippen molar-refractivity contribution in [3.8, 4) is 0 Å². The van der Waals surface area contributed by atoms with Crippen LogP contribution in [0, 0.1) is 5.41 Å². The fourth-order valence-electron chi connectivity index (χ4n) is 4.57. The molecule has 4 nitrogen and oxygen atoms in total. The molecule has 1 spiro atoms. The van der Waals surface area contributed by atoms with Gasteiger partial charge in [0, 0.05) is 44.2 Å². The minimum atomic E-state index is -0.156. The Labute approximate surface area is 144 Å². The zero-order valence-electron chi connectivity index (χ0n) is 14.7. The number of aryl methyl sites for hydroxylation is 1. The molecular weight excluding hydrogens is 300 g/mol. The van der Waals surface area contributed by atoms with E-state index in [4.69, 9.17) is 4.74 Å². The third-order valence-electron chi connectivity index (χ3n) is 6.17. The number of carbonyl (C=O) groups is 1. The second-order valence-electron chi connectivity index (χ2n) is 7.46. The van der Waals surface area contributed by atoms with E-state index in [9.17, 15) is 4.79 Å². The van der Waals surface area contributed by atoms with E-state index in [1.54, 1.807) is 0 Å². The Hall–Kier alpha value is -1.55. The van der Waals surface area contributed by atoms with E-state index in [0.29, 0.717) is 5.91 Å². The summed E-state index contributed by atoms with van der Waals surface area (Å²) in [5.74, 6) is 0.328. The molecule has 0 radical (unpaired) electrons. The number of ether oxygens (including phenoxy) is 1. The second-order valence-corrected chi connectivity index (χ2v) is 7.46. The van der Waals surface area contributed by atoms with Gasteiger partial charge < -0.3 is 14.5 Å². The molecule has 24 heavy (non-hydrogen) atoms. The maximum absolute atomic E-state index is 13.2. The Morgan fingerprint density at radius 1 is 1.08 bits per heavy atom. The minimum Gasteiger partial charge on any atom is -0.381 e. The maximum Gasteiger partial charge on any atom is 0.233 e. The molecular formula is C20H28N2O2. The summed E-state index contributed by atoms with van der Waals surface area (Å²) in [5.41, 5.74) is 3.60. The highest BCUT2D eigenvalue weighted by molar-refractivity contribution is 6.00. The molecule has 0 saturated carbocycles. The first-order valence-electron chi connectivity index (χ1n) is 9.51. The largest absolute Gasteiger partial charge is 0.381 e. The van der Waals surface area contributed by atoms with Crippen LogP contribution in [0.5, 0.6) is 0 Å². The van der Waals surface area contributed by atoms with Crippen molar-refractivity contribution in [1.82, 2.24) is 0 Å². The average Bonchev–Trinajstić information content (AvgIpc) is 3.26. The molecule has 0 bridgehead atoms. The van der Waals surface area contributed by atoms with Crippen LogP contribution in [0.4, 0.5) is 11.4 Å². The first kappa shape index (κ1) is 15.9. The highest BCUT2D eigenvalue weighted by Crippen LogP contribution is 2.43. The molecule has 0 atom stereocenters. The number of anilines is 2. The lowest BCUT2D eigenvalue weighted by Gasteiger charge is -2.32. The minimum absolute atomic E-state index is 0.156. The number of nitrogens with zero attached hydrogens (tertiary/aromatic N) is 2. The van der Waals surface area contributed by atoms with E-state index in [2.05, 4.69) is 34.9 Å². The van der Waals surface area contributed by atoms with E-state index in [1.165, 1.54) is 24.1 Å². The SMILES string of the molecule is CCc1cc(N2CCCC2)ccc1N1CCC2(CCOCC2)C1=O. The summed E-state index contributed by atoms with van der Waals surface area (Å²) in [4.78, 5) is 17.7. The third kappa shape index (κ3) is 2.61. The Bertz CT molecular complexity index is 616. The van der Waals surface area contributed by atoms with Crippen LogP contribution in [0.15, 0.2) is 18.2 Å². The highest BCUT2D eigenvalue weighted by atomic mass is 16.5. The molecule has 0 N–H and O–H groups in total. The van der Waals surface area contributed by atoms with Gasteiger partial charge in [0.15, 0.2) is 0 Å². The van der Waals surface area contributed by atoms with Crippen LogP contribution >= 0.6 is 0 Å². The van der Waals surface area contributed by atoms with Crippen molar-refractivity contribution in [3.05, 3.63) is 23.8 Å². The molecule has 0 unspecified atom stereocenters. The zero-order valence-corrected chi connectivity index (χ0v) is 14.7. The summed E-state index contributed by atoms with van der Waals surface area (Å²) >= 11 is 0. The van der Waals surface area contributed by atoms with Crippen LogP contribution in [-0.2, 0) is 16.0 Å². The van der Waals surface area contributed by atoms with Gasteiger partial charge >= 0.3 is 0 Å². The van der Waals surface area contributed by atoms with Crippen molar-refractivity contribution < 1.29 is 9.53 Å². The van der Waals surface area contributed by atoms with E-state index in [0.717, 1.165) is 64.2 Å². The zero-order chi connectivity index (χ0) is 16.6. The summed E-state index contributed by atoms with van der Waals surface area (Å²) in [7, 11) is 0. The molecule has 3 heterocycles. The van der Waals surface area contributed by atoms with Crippen LogP contribution in [0.2, 0.25) is 0 Å². The molecule has 3 saturated heterocycles. The first-order valence-corrected chi connectivity index (χ1v) is 9.51. The molecule has 130 valence electrons. The van der Waals surface area contributed by atoms with Crippen molar-refractivity contribution in [3.63, 3.8) is 0 Å². The fourth-order valence-corrected chi connectivity index (χ4v) is 4.57. The van der Waals surface area contributed by atoms with Crippen molar-refractivity contribution >= 4 is 17.3 Å². The quantitative estimate of drug-likeness (QED) is 0.853. The summed E-state index contributed by atoms with van der Waals surface area (Å²) in [6.07, 6.45) is 6.30. The van der Waals surface area contributed by atoms with Crippen LogP contribution < -0.4 is 9.80 Å². The fraction of sp³-hybridized carbons (Fsp3) is 0.650. The molecule has 0 aromatic heterocycles. The number of amides is 1. The van der Waals surface area contributed by atoms with Gasteiger partial charge in [-0.1, -0.05) is 6.92 Å². The summed E-state index contributed by atoms with van der Waals surface area (Å²) in [5, 5.41) is 0. The van der Waals surface area contributed by atoms with Gasteiger partial charge in [0.2, 0.25) is 5.91 Å². The number of rotatable bonds is 3. The number of benzene rings is 1. The number of hydrogen-bond acceptors (Lipinski definition) is 3. The molecule has 3 aliphatic heterocycles. The maximum atomic E-state index is 13.2. The predicted octanol–water partition coefficient (Wildman–Crippen LogP) is 3.38. The van der Waals surface area contributed by atoms with E-state index in [-0.39, 0.29) is 5.41 Å². The molecule has 4 heteroatoms. The Balaban J connectivity index is 1.60. The van der Waals surface area contributed by atoms with Crippen LogP contribution in [0.25, 0.3) is 0 Å². The Morgan fingerprint density at radius 3 is 2.54 bits per heavy atom. The van der Waals surface area contributed by atoms with Crippen molar-refractivity contribution in [2.45, 2.75) is 45.4 Å². The summed E-state index contributed by atoms with van der Waals surface area (Å²) in [6, 6.07) is 6.70. The first-order chi connectivity index (χ1) is 11.7. The Morgan fingerprint density at radius 2 is 1.83 bits per heavy atom. The monoisotopic (exact) mass is 328 g/mol. The van der Waals surface area contributed by atoms with Crippen molar-refractivity contribution in [1.29, 1.82) is 0 Å². The summed E-state index contributed by atoms with van der Waals surface area (Å²) in [6.45, 7) is 6.83. The van der Waals surface area contributed by atoms with Gasteiger partial charge in [-0.15, -0.1) is 0 Å². The van der Waals surface area contributed by atoms with Gasteiger partial charge in [-0.25, -0.2) is 0 Å². The lowest BCUT2D eigenvalue weighted by atomic mass is 9.79. The van der Waals surface area contributed by atoms with Gasteiger partial charge in [-0.2, -0.15) is 0 Å². The van der Waals surface area contributed by atoms with Gasteiger partial charge in [0.1, 0.15) is 0 Å². The lowest BCUT2D eigenvalue weighted by molar-refractivity contribution is -0.130. The van der Waals surface area contributed by atoms with E-state index in [1.807, 2.05) is 0 Å². The van der Waals surface area contributed by atoms with Gasteiger partial charge in [0.25, 0.3) is 0 Å². The van der Waals surface area contributed by atoms with Crippen molar-refractivity contribution in [2.24, 2.45) is 5.41 Å². The van der Waals surface area contributed by atoms with Crippen LogP contribution in [-0.4, -0.2) is 38.8 Å². The van der Waals surface area contributed by atoms with Gasteiger partial charge in [0.05, 0.1) is 5.41 Å². The molecule has 1 aromatic rings. The second kappa shape index (κ2) is 6.40. The Kier molecular flexibility index (Phi) is 4.25. The topological polar surface area (TPSA) is 32.8 Å². The molecule has 3 fully saturated rings. The smallest absolute Gasteiger partial charge is 0.233 e. The predicted molar refractivity (Wildman–Crippen MR) is 96.7 cm³/mol. The van der Waals surface area contributed by atoms with Crippen LogP contribution in [0.3, 0.4) is 0 Å². The lowest BCUT2D eigenvalue weighted by Crippen LogP contribution is -2.39. The summed E-state index contributed by atoms with van der Waals surface area (Å²) < 4.78 is 5.49. The van der Waals surface area contributed by atoms with Gasteiger partial charge in [-0.3, -0.25) is 4.79 Å². The highest BCUT2D eigenvalue weighted by Gasteiger charge is 2.48. The van der Waals surface area contributed by atoms with E-state index >= 15 is 0 Å². The molecule has 1 amide bonds. The standard InChI is InChI=1S/C20H28N2O2/c1-2-16-15-17(21-10-3-4-11-21)5-6-18(16)22-12-7-20(19(22)23)8-13-24-14-9-20/h5-6,15H,2-4,7-14H2,1H3. The number of hydrogen-bond donors (Lipinski definition) is 0. The molecule has 0 aliphatic carbocycles. The van der Waals surface area contributed by atoms with E-state index < -0.39 is 0 Å². The van der Waals surface area contributed by atoms with Gasteiger partial charge in [-0.05, 0) is 62.3 Å². The molecule has 4 rings (SSSR count). The van der Waals surface area contributed by atoms with Crippen molar-refractivity contribution in [2.75, 3.05) is 42.6 Å². The average molecular weight is 328 g/mol. The third-order valence-corrected chi connectivity index (χ3v) is 6.17. The molecule has 1 aromatic carbocycles. The normalized spacial score (nSPS) is 23.5.